The number of morpholine rings is 1. The lowest BCUT2D eigenvalue weighted by molar-refractivity contribution is -0.119. The molecular formula is C18H20N2O2. The second-order valence-electron chi connectivity index (χ2n) is 5.36. The summed E-state index contributed by atoms with van der Waals surface area (Å²) < 4.78 is 5.58. The van der Waals surface area contributed by atoms with Gasteiger partial charge in [-0.15, -0.1) is 0 Å². The van der Waals surface area contributed by atoms with Gasteiger partial charge in [0.05, 0.1) is 19.1 Å². The van der Waals surface area contributed by atoms with E-state index in [0.29, 0.717) is 13.0 Å². The van der Waals surface area contributed by atoms with Gasteiger partial charge in [0.2, 0.25) is 5.91 Å². The Morgan fingerprint density at radius 2 is 1.91 bits per heavy atom. The Balaban J connectivity index is 1.71. The molecule has 4 heteroatoms. The smallest absolute Gasteiger partial charge is 0.227 e. The van der Waals surface area contributed by atoms with E-state index in [2.05, 4.69) is 10.6 Å². The van der Waals surface area contributed by atoms with Crippen molar-refractivity contribution in [2.24, 2.45) is 0 Å². The molecule has 4 nitrogen and oxygen atoms in total. The third kappa shape index (κ3) is 3.72. The maximum absolute atomic E-state index is 12.2. The number of hydrogen-bond acceptors (Lipinski definition) is 3. The summed E-state index contributed by atoms with van der Waals surface area (Å²) in [5.74, 6) is -0.0166. The van der Waals surface area contributed by atoms with Crippen LogP contribution in [0.15, 0.2) is 54.6 Å². The summed E-state index contributed by atoms with van der Waals surface area (Å²) in [5.41, 5.74) is 2.95. The number of carbonyl (C=O) groups is 1. The number of anilines is 1. The van der Waals surface area contributed by atoms with Gasteiger partial charge < -0.3 is 15.4 Å². The summed E-state index contributed by atoms with van der Waals surface area (Å²) in [4.78, 5) is 12.2. The number of benzene rings is 2. The van der Waals surface area contributed by atoms with Crippen molar-refractivity contribution in [1.82, 2.24) is 5.32 Å². The Labute approximate surface area is 130 Å². The molecule has 0 radical (unpaired) electrons. The highest BCUT2D eigenvalue weighted by Crippen LogP contribution is 2.27. The molecule has 0 aliphatic carbocycles. The van der Waals surface area contributed by atoms with E-state index in [4.69, 9.17) is 4.74 Å². The Morgan fingerprint density at radius 3 is 2.68 bits per heavy atom. The molecule has 1 unspecified atom stereocenters. The molecule has 3 rings (SSSR count). The zero-order valence-corrected chi connectivity index (χ0v) is 12.4. The molecule has 1 amide bonds. The van der Waals surface area contributed by atoms with Crippen molar-refractivity contribution < 1.29 is 9.53 Å². The van der Waals surface area contributed by atoms with Crippen molar-refractivity contribution in [3.63, 3.8) is 0 Å². The van der Waals surface area contributed by atoms with Crippen LogP contribution in [0.5, 0.6) is 0 Å². The number of para-hydroxylation sites is 1. The first kappa shape index (κ1) is 14.8. The highest BCUT2D eigenvalue weighted by Gasteiger charge is 2.18. The minimum atomic E-state index is -0.0439. The molecule has 1 heterocycles. The molecule has 1 saturated heterocycles. The van der Waals surface area contributed by atoms with Gasteiger partial charge in [-0.05, 0) is 11.6 Å². The highest BCUT2D eigenvalue weighted by molar-refractivity contribution is 5.95. The number of carbonyl (C=O) groups excluding carboxylic acids is 1. The molecule has 114 valence electrons. The lowest BCUT2D eigenvalue weighted by atomic mass is 10.0. The lowest BCUT2D eigenvalue weighted by Crippen LogP contribution is -2.40. The van der Waals surface area contributed by atoms with E-state index in [1.54, 1.807) is 0 Å². The van der Waals surface area contributed by atoms with E-state index in [-0.39, 0.29) is 12.0 Å². The molecule has 22 heavy (non-hydrogen) atoms. The van der Waals surface area contributed by atoms with Gasteiger partial charge in [0.25, 0.3) is 0 Å². The summed E-state index contributed by atoms with van der Waals surface area (Å²) in [6.45, 7) is 2.25. The van der Waals surface area contributed by atoms with Crippen LogP contribution in [0.2, 0.25) is 0 Å². The van der Waals surface area contributed by atoms with Crippen LogP contribution in [-0.4, -0.2) is 31.7 Å². The Morgan fingerprint density at radius 1 is 1.14 bits per heavy atom. The van der Waals surface area contributed by atoms with E-state index >= 15 is 0 Å². The van der Waals surface area contributed by atoms with E-state index in [0.717, 1.165) is 29.9 Å². The first-order chi connectivity index (χ1) is 10.8. The average Bonchev–Trinajstić information content (AvgIpc) is 2.57. The van der Waals surface area contributed by atoms with Crippen LogP contribution in [0, 0.1) is 0 Å². The van der Waals surface area contributed by atoms with Gasteiger partial charge in [0.1, 0.15) is 0 Å². The number of rotatable bonds is 4. The summed E-state index contributed by atoms with van der Waals surface area (Å²) in [5, 5.41) is 6.25. The molecule has 0 bridgehead atoms. The van der Waals surface area contributed by atoms with Gasteiger partial charge in [0, 0.05) is 24.3 Å². The molecule has 1 aliphatic rings. The summed E-state index contributed by atoms with van der Waals surface area (Å²) in [7, 11) is 0. The predicted molar refractivity (Wildman–Crippen MR) is 87.7 cm³/mol. The van der Waals surface area contributed by atoms with Crippen LogP contribution in [0.4, 0.5) is 5.69 Å². The quantitative estimate of drug-likeness (QED) is 0.912. The Kier molecular flexibility index (Phi) is 4.83. The molecule has 2 N–H and O–H groups in total. The molecule has 1 fully saturated rings. The molecule has 1 atom stereocenters. The predicted octanol–water partition coefficient (Wildman–Crippen LogP) is 2.67. The van der Waals surface area contributed by atoms with Crippen LogP contribution in [-0.2, 0) is 9.53 Å². The average molecular weight is 296 g/mol. The summed E-state index contributed by atoms with van der Waals surface area (Å²) >= 11 is 0. The lowest BCUT2D eigenvalue weighted by Gasteiger charge is -2.23. The van der Waals surface area contributed by atoms with Crippen molar-refractivity contribution in [2.75, 3.05) is 25.0 Å². The van der Waals surface area contributed by atoms with Crippen LogP contribution in [0.25, 0.3) is 11.1 Å². The summed E-state index contributed by atoms with van der Waals surface area (Å²) in [6.07, 6.45) is 0.327. The number of nitrogens with one attached hydrogen (secondary N) is 2. The minimum Gasteiger partial charge on any atom is -0.375 e. The first-order valence-electron chi connectivity index (χ1n) is 7.59. The SMILES string of the molecule is O=C(CC1CNCCO1)Nc1ccccc1-c1ccccc1. The van der Waals surface area contributed by atoms with Crippen molar-refractivity contribution in [3.05, 3.63) is 54.6 Å². The fourth-order valence-corrected chi connectivity index (χ4v) is 2.62. The Bertz CT molecular complexity index is 622. The first-order valence-corrected chi connectivity index (χ1v) is 7.59. The molecule has 0 aromatic heterocycles. The van der Waals surface area contributed by atoms with Crippen molar-refractivity contribution in [3.8, 4) is 11.1 Å². The van der Waals surface area contributed by atoms with Gasteiger partial charge in [-0.1, -0.05) is 48.5 Å². The highest BCUT2D eigenvalue weighted by atomic mass is 16.5. The monoisotopic (exact) mass is 296 g/mol. The van der Waals surface area contributed by atoms with Crippen molar-refractivity contribution >= 4 is 11.6 Å². The zero-order chi connectivity index (χ0) is 15.2. The summed E-state index contributed by atoms with van der Waals surface area (Å²) in [6, 6.07) is 17.9. The normalized spacial score (nSPS) is 17.9. The van der Waals surface area contributed by atoms with E-state index in [1.807, 2.05) is 54.6 Å². The standard InChI is InChI=1S/C18H20N2O2/c21-18(12-15-13-19-10-11-22-15)20-17-9-5-4-8-16(17)14-6-2-1-3-7-14/h1-9,15,19H,10-13H2,(H,20,21). The van der Waals surface area contributed by atoms with E-state index < -0.39 is 0 Å². The van der Waals surface area contributed by atoms with Gasteiger partial charge >= 0.3 is 0 Å². The minimum absolute atomic E-state index is 0.0166. The van der Waals surface area contributed by atoms with Crippen LogP contribution in [0.3, 0.4) is 0 Å². The van der Waals surface area contributed by atoms with Crippen LogP contribution in [0.1, 0.15) is 6.42 Å². The van der Waals surface area contributed by atoms with Crippen molar-refractivity contribution in [1.29, 1.82) is 0 Å². The van der Waals surface area contributed by atoms with E-state index in [1.165, 1.54) is 0 Å². The number of ether oxygens (including phenoxy) is 1. The second-order valence-corrected chi connectivity index (χ2v) is 5.36. The van der Waals surface area contributed by atoms with Gasteiger partial charge in [-0.2, -0.15) is 0 Å². The second kappa shape index (κ2) is 7.20. The zero-order valence-electron chi connectivity index (χ0n) is 12.4. The topological polar surface area (TPSA) is 50.4 Å². The molecule has 0 saturated carbocycles. The van der Waals surface area contributed by atoms with Gasteiger partial charge in [0.15, 0.2) is 0 Å². The molecule has 1 aliphatic heterocycles. The Hall–Kier alpha value is -2.17. The maximum atomic E-state index is 12.2. The van der Waals surface area contributed by atoms with Gasteiger partial charge in [-0.25, -0.2) is 0 Å². The molecular weight excluding hydrogens is 276 g/mol. The fourth-order valence-electron chi connectivity index (χ4n) is 2.62. The van der Waals surface area contributed by atoms with E-state index in [9.17, 15) is 4.79 Å². The molecule has 0 spiro atoms. The third-order valence-electron chi connectivity index (χ3n) is 3.70. The third-order valence-corrected chi connectivity index (χ3v) is 3.70. The molecule has 2 aromatic carbocycles. The van der Waals surface area contributed by atoms with Crippen LogP contribution < -0.4 is 10.6 Å². The fraction of sp³-hybridized carbons (Fsp3) is 0.278. The number of hydrogen-bond donors (Lipinski definition) is 2. The molecule has 2 aromatic rings. The van der Waals surface area contributed by atoms with Crippen molar-refractivity contribution in [2.45, 2.75) is 12.5 Å². The number of amides is 1. The van der Waals surface area contributed by atoms with Crippen LogP contribution >= 0.6 is 0 Å². The maximum Gasteiger partial charge on any atom is 0.227 e. The van der Waals surface area contributed by atoms with Gasteiger partial charge in [-0.3, -0.25) is 4.79 Å². The largest absolute Gasteiger partial charge is 0.375 e.